The van der Waals surface area contributed by atoms with Gasteiger partial charge in [0.1, 0.15) is 11.6 Å². The van der Waals surface area contributed by atoms with Gasteiger partial charge in [0.25, 0.3) is 5.91 Å². The Kier molecular flexibility index (Phi) is 6.69. The van der Waals surface area contributed by atoms with E-state index in [0.717, 1.165) is 5.69 Å². The van der Waals surface area contributed by atoms with Gasteiger partial charge < -0.3 is 25.5 Å². The van der Waals surface area contributed by atoms with Crippen molar-refractivity contribution in [3.8, 4) is 17.1 Å². The third kappa shape index (κ3) is 5.84. The van der Waals surface area contributed by atoms with Crippen LogP contribution in [0.4, 0.5) is 24.5 Å². The molecule has 0 saturated carbocycles. The number of rotatable bonds is 8. The third-order valence-corrected chi connectivity index (χ3v) is 4.86. The second-order valence-corrected chi connectivity index (χ2v) is 7.43. The summed E-state index contributed by atoms with van der Waals surface area (Å²) in [5, 5.41) is 14.7. The van der Waals surface area contributed by atoms with E-state index in [-0.39, 0.29) is 18.3 Å². The first-order chi connectivity index (χ1) is 16.3. The number of H-pyrrole nitrogens is 1. The SMILES string of the molecule is O=C(Nc1ccc(NCCO)cc1)c1ccc(-c2nc3ccc(OCC(F)(F)F)cc3[nH]2)cc1. The molecule has 176 valence electrons. The van der Waals surface area contributed by atoms with Crippen LogP contribution in [0.25, 0.3) is 22.4 Å². The molecule has 1 heterocycles. The molecule has 1 amide bonds. The summed E-state index contributed by atoms with van der Waals surface area (Å²) in [6.07, 6.45) is -4.41. The lowest BCUT2D eigenvalue weighted by atomic mass is 10.1. The minimum atomic E-state index is -4.41. The van der Waals surface area contributed by atoms with E-state index in [0.29, 0.717) is 40.2 Å². The quantitative estimate of drug-likeness (QED) is 0.296. The Morgan fingerprint density at radius 3 is 2.38 bits per heavy atom. The molecule has 0 saturated heterocycles. The van der Waals surface area contributed by atoms with E-state index >= 15 is 0 Å². The molecule has 4 aromatic rings. The van der Waals surface area contributed by atoms with Crippen molar-refractivity contribution in [3.05, 3.63) is 72.3 Å². The van der Waals surface area contributed by atoms with Crippen LogP contribution in [0.3, 0.4) is 0 Å². The summed E-state index contributed by atoms with van der Waals surface area (Å²) in [6, 6.07) is 18.4. The molecule has 0 aliphatic heterocycles. The molecule has 3 aromatic carbocycles. The summed E-state index contributed by atoms with van der Waals surface area (Å²) < 4.78 is 41.9. The lowest BCUT2D eigenvalue weighted by Gasteiger charge is -2.08. The highest BCUT2D eigenvalue weighted by molar-refractivity contribution is 6.04. The van der Waals surface area contributed by atoms with E-state index < -0.39 is 12.8 Å². The molecule has 0 aliphatic rings. The minimum absolute atomic E-state index is 0.0277. The molecule has 0 spiro atoms. The van der Waals surface area contributed by atoms with E-state index in [9.17, 15) is 18.0 Å². The van der Waals surface area contributed by atoms with Gasteiger partial charge in [0, 0.05) is 35.1 Å². The van der Waals surface area contributed by atoms with Crippen LogP contribution in [0, 0.1) is 0 Å². The maximum absolute atomic E-state index is 12.6. The summed E-state index contributed by atoms with van der Waals surface area (Å²) in [5.41, 5.74) is 3.74. The maximum Gasteiger partial charge on any atom is 0.422 e. The van der Waals surface area contributed by atoms with Crippen molar-refractivity contribution in [1.82, 2.24) is 9.97 Å². The Hall–Kier alpha value is -4.05. The maximum atomic E-state index is 12.6. The zero-order valence-corrected chi connectivity index (χ0v) is 17.8. The largest absolute Gasteiger partial charge is 0.484 e. The molecular formula is C24H21F3N4O3. The smallest absolute Gasteiger partial charge is 0.422 e. The molecule has 10 heteroatoms. The second-order valence-electron chi connectivity index (χ2n) is 7.43. The van der Waals surface area contributed by atoms with E-state index in [2.05, 4.69) is 20.6 Å². The van der Waals surface area contributed by atoms with Crippen LogP contribution in [0.5, 0.6) is 5.75 Å². The molecular weight excluding hydrogens is 449 g/mol. The summed E-state index contributed by atoms with van der Waals surface area (Å²) in [7, 11) is 0. The van der Waals surface area contributed by atoms with Crippen molar-refractivity contribution in [1.29, 1.82) is 0 Å². The summed E-state index contributed by atoms with van der Waals surface area (Å²) in [5.74, 6) is 0.323. The first-order valence-electron chi connectivity index (χ1n) is 10.4. The monoisotopic (exact) mass is 470 g/mol. The molecule has 0 unspecified atom stereocenters. The number of carbonyl (C=O) groups is 1. The number of hydrogen-bond acceptors (Lipinski definition) is 5. The fraction of sp³-hybridized carbons (Fsp3) is 0.167. The Morgan fingerprint density at radius 2 is 1.71 bits per heavy atom. The number of ether oxygens (including phenoxy) is 1. The van der Waals surface area contributed by atoms with Crippen molar-refractivity contribution in [2.24, 2.45) is 0 Å². The van der Waals surface area contributed by atoms with Crippen LogP contribution in [0.2, 0.25) is 0 Å². The molecule has 0 fully saturated rings. The number of imidazole rings is 1. The van der Waals surface area contributed by atoms with Crippen molar-refractivity contribution in [2.75, 3.05) is 30.4 Å². The molecule has 0 radical (unpaired) electrons. The fourth-order valence-electron chi connectivity index (χ4n) is 3.23. The second kappa shape index (κ2) is 9.84. The van der Waals surface area contributed by atoms with E-state index in [1.54, 1.807) is 54.6 Å². The van der Waals surface area contributed by atoms with Gasteiger partial charge in [0.2, 0.25) is 0 Å². The predicted molar refractivity (Wildman–Crippen MR) is 123 cm³/mol. The van der Waals surface area contributed by atoms with Crippen LogP contribution in [0.1, 0.15) is 10.4 Å². The number of alkyl halides is 3. The molecule has 7 nitrogen and oxygen atoms in total. The number of aliphatic hydroxyl groups is 1. The summed E-state index contributed by atoms with van der Waals surface area (Å²) in [4.78, 5) is 20.1. The minimum Gasteiger partial charge on any atom is -0.484 e. The number of hydrogen-bond donors (Lipinski definition) is 4. The highest BCUT2D eigenvalue weighted by Crippen LogP contribution is 2.26. The number of nitrogens with zero attached hydrogens (tertiary/aromatic N) is 1. The zero-order chi connectivity index (χ0) is 24.1. The molecule has 34 heavy (non-hydrogen) atoms. The molecule has 0 aliphatic carbocycles. The van der Waals surface area contributed by atoms with Crippen molar-refractivity contribution in [2.45, 2.75) is 6.18 Å². The number of benzene rings is 3. The van der Waals surface area contributed by atoms with Gasteiger partial charge in [0.05, 0.1) is 17.6 Å². The standard InChI is InChI=1S/C24H21F3N4O3/c25-24(26,27)14-34-19-9-10-20-21(13-19)31-22(30-20)15-1-3-16(4-2-15)23(33)29-18-7-5-17(6-8-18)28-11-12-32/h1-10,13,28,32H,11-12,14H2,(H,29,33)(H,30,31). The Labute approximate surface area is 192 Å². The third-order valence-electron chi connectivity index (χ3n) is 4.86. The highest BCUT2D eigenvalue weighted by atomic mass is 19.4. The van der Waals surface area contributed by atoms with Crippen LogP contribution in [0.15, 0.2) is 66.7 Å². The summed E-state index contributed by atoms with van der Waals surface area (Å²) in [6.45, 7) is -0.899. The number of halogens is 3. The van der Waals surface area contributed by atoms with Crippen LogP contribution >= 0.6 is 0 Å². The normalized spacial score (nSPS) is 11.4. The van der Waals surface area contributed by atoms with E-state index in [4.69, 9.17) is 9.84 Å². The molecule has 4 rings (SSSR count). The predicted octanol–water partition coefficient (Wildman–Crippen LogP) is 4.83. The number of nitrogens with one attached hydrogen (secondary N) is 3. The van der Waals surface area contributed by atoms with Gasteiger partial charge in [0.15, 0.2) is 6.61 Å². The van der Waals surface area contributed by atoms with E-state index in [1.807, 2.05) is 0 Å². The van der Waals surface area contributed by atoms with Crippen LogP contribution in [-0.4, -0.2) is 46.9 Å². The van der Waals surface area contributed by atoms with Gasteiger partial charge in [-0.05, 0) is 48.5 Å². The number of aromatic amines is 1. The van der Waals surface area contributed by atoms with E-state index in [1.165, 1.54) is 12.1 Å². The summed E-state index contributed by atoms with van der Waals surface area (Å²) >= 11 is 0. The number of amides is 1. The Bertz CT molecular complexity index is 1270. The molecule has 0 atom stereocenters. The Balaban J connectivity index is 1.42. The lowest BCUT2D eigenvalue weighted by molar-refractivity contribution is -0.153. The molecule has 0 bridgehead atoms. The van der Waals surface area contributed by atoms with Gasteiger partial charge in [-0.2, -0.15) is 13.2 Å². The number of aliphatic hydroxyl groups excluding tert-OH is 1. The number of carbonyl (C=O) groups excluding carboxylic acids is 1. The van der Waals surface area contributed by atoms with Crippen LogP contribution in [-0.2, 0) is 0 Å². The van der Waals surface area contributed by atoms with Gasteiger partial charge in [-0.25, -0.2) is 4.98 Å². The molecule has 1 aromatic heterocycles. The first kappa shape index (κ1) is 23.1. The van der Waals surface area contributed by atoms with Crippen molar-refractivity contribution >= 4 is 28.3 Å². The van der Waals surface area contributed by atoms with Gasteiger partial charge in [-0.3, -0.25) is 4.79 Å². The topological polar surface area (TPSA) is 99.3 Å². The average molecular weight is 470 g/mol. The van der Waals surface area contributed by atoms with Gasteiger partial charge in [-0.1, -0.05) is 12.1 Å². The number of anilines is 2. The molecule has 4 N–H and O–H groups in total. The van der Waals surface area contributed by atoms with Crippen LogP contribution < -0.4 is 15.4 Å². The average Bonchev–Trinajstić information content (AvgIpc) is 3.25. The highest BCUT2D eigenvalue weighted by Gasteiger charge is 2.28. The number of fused-ring (bicyclic) bond motifs is 1. The lowest BCUT2D eigenvalue weighted by Crippen LogP contribution is -2.19. The van der Waals surface area contributed by atoms with Crippen molar-refractivity contribution < 1.29 is 27.8 Å². The number of aromatic nitrogens is 2. The Morgan fingerprint density at radius 1 is 1.00 bits per heavy atom. The van der Waals surface area contributed by atoms with Gasteiger partial charge >= 0.3 is 6.18 Å². The first-order valence-corrected chi connectivity index (χ1v) is 10.4. The van der Waals surface area contributed by atoms with Crippen molar-refractivity contribution in [3.63, 3.8) is 0 Å². The van der Waals surface area contributed by atoms with Gasteiger partial charge in [-0.15, -0.1) is 0 Å². The zero-order valence-electron chi connectivity index (χ0n) is 17.8. The fourth-order valence-corrected chi connectivity index (χ4v) is 3.23.